The summed E-state index contributed by atoms with van der Waals surface area (Å²) in [4.78, 5) is 25.6. The maximum absolute atomic E-state index is 12.7. The summed E-state index contributed by atoms with van der Waals surface area (Å²) in [6.45, 7) is 0. The Balaban J connectivity index is 1.57. The van der Waals surface area contributed by atoms with E-state index in [2.05, 4.69) is 15.9 Å². The number of esters is 1. The molecule has 0 bridgehead atoms. The number of rotatable bonds is 5. The SMILES string of the molecule is O=C(Cc1cccs1)Oc1ccc2c(=O)c(Oc3ccccc3Br)coc2c1. The van der Waals surface area contributed by atoms with Crippen molar-refractivity contribution in [2.24, 2.45) is 0 Å². The predicted octanol–water partition coefficient (Wildman–Crippen LogP) is 5.56. The lowest BCUT2D eigenvalue weighted by Crippen LogP contribution is -2.10. The van der Waals surface area contributed by atoms with Gasteiger partial charge in [-0.2, -0.15) is 0 Å². The summed E-state index contributed by atoms with van der Waals surface area (Å²) in [5.41, 5.74) is -0.000587. The van der Waals surface area contributed by atoms with Crippen molar-refractivity contribution in [1.29, 1.82) is 0 Å². The van der Waals surface area contributed by atoms with Gasteiger partial charge >= 0.3 is 5.97 Å². The highest BCUT2D eigenvalue weighted by Gasteiger charge is 2.13. The van der Waals surface area contributed by atoms with Gasteiger partial charge < -0.3 is 13.9 Å². The fourth-order valence-corrected chi connectivity index (χ4v) is 3.65. The standard InChI is InChI=1S/C21H13BrO5S/c22-16-5-1-2-6-17(16)27-19-12-25-18-10-13(7-8-15(18)21(19)24)26-20(23)11-14-4-3-9-28-14/h1-10,12H,11H2. The van der Waals surface area contributed by atoms with E-state index >= 15 is 0 Å². The number of hydrogen-bond donors (Lipinski definition) is 0. The maximum Gasteiger partial charge on any atom is 0.316 e. The molecule has 0 radical (unpaired) electrons. The van der Waals surface area contributed by atoms with Gasteiger partial charge in [0.1, 0.15) is 23.3 Å². The molecule has 0 aliphatic rings. The summed E-state index contributed by atoms with van der Waals surface area (Å²) in [6.07, 6.45) is 1.44. The molecule has 0 fully saturated rings. The van der Waals surface area contributed by atoms with E-state index in [1.165, 1.54) is 23.7 Å². The van der Waals surface area contributed by atoms with Crippen LogP contribution in [0.2, 0.25) is 0 Å². The zero-order valence-corrected chi connectivity index (χ0v) is 16.8. The molecule has 0 saturated heterocycles. The van der Waals surface area contributed by atoms with Crippen LogP contribution in [-0.4, -0.2) is 5.97 Å². The van der Waals surface area contributed by atoms with E-state index in [0.29, 0.717) is 22.5 Å². The Kier molecular flexibility index (Phi) is 5.27. The Labute approximate surface area is 172 Å². The molecule has 4 aromatic rings. The fourth-order valence-electron chi connectivity index (χ4n) is 2.59. The molecule has 0 N–H and O–H groups in total. The van der Waals surface area contributed by atoms with Gasteiger partial charge in [-0.3, -0.25) is 9.59 Å². The number of ether oxygens (including phenoxy) is 2. The number of hydrogen-bond acceptors (Lipinski definition) is 6. The van der Waals surface area contributed by atoms with Gasteiger partial charge in [0.05, 0.1) is 16.3 Å². The Morgan fingerprint density at radius 2 is 1.93 bits per heavy atom. The number of para-hydroxylation sites is 1. The first-order chi connectivity index (χ1) is 13.6. The van der Waals surface area contributed by atoms with E-state index in [9.17, 15) is 9.59 Å². The zero-order chi connectivity index (χ0) is 19.5. The summed E-state index contributed by atoms with van der Waals surface area (Å²) >= 11 is 4.87. The summed E-state index contributed by atoms with van der Waals surface area (Å²) in [6, 6.07) is 15.6. The zero-order valence-electron chi connectivity index (χ0n) is 14.4. The summed E-state index contributed by atoms with van der Waals surface area (Å²) < 4.78 is 17.3. The second kappa shape index (κ2) is 8.00. The van der Waals surface area contributed by atoms with E-state index in [0.717, 1.165) is 9.35 Å². The molecule has 7 heteroatoms. The minimum atomic E-state index is -0.377. The number of halogens is 1. The highest BCUT2D eigenvalue weighted by molar-refractivity contribution is 9.10. The third-order valence-corrected chi connectivity index (χ3v) is 5.43. The molecule has 4 rings (SSSR count). The van der Waals surface area contributed by atoms with Crippen LogP contribution in [0.15, 0.2) is 79.9 Å². The number of carbonyl (C=O) groups is 1. The van der Waals surface area contributed by atoms with Gasteiger partial charge in [0.15, 0.2) is 0 Å². The quantitative estimate of drug-likeness (QED) is 0.290. The van der Waals surface area contributed by atoms with Gasteiger partial charge in [0.2, 0.25) is 11.2 Å². The predicted molar refractivity (Wildman–Crippen MR) is 110 cm³/mol. The Bertz CT molecular complexity index is 1200. The molecule has 5 nitrogen and oxygen atoms in total. The fraction of sp³-hybridized carbons (Fsp3) is 0.0476. The number of thiophene rings is 1. The van der Waals surface area contributed by atoms with Gasteiger partial charge in [-0.05, 0) is 51.6 Å². The van der Waals surface area contributed by atoms with E-state index in [4.69, 9.17) is 13.9 Å². The van der Waals surface area contributed by atoms with Crippen molar-refractivity contribution in [3.05, 3.63) is 85.8 Å². The molecule has 2 heterocycles. The van der Waals surface area contributed by atoms with E-state index in [1.807, 2.05) is 29.6 Å². The molecule has 2 aromatic heterocycles. The molecule has 140 valence electrons. The largest absolute Gasteiger partial charge is 0.460 e. The van der Waals surface area contributed by atoms with Crippen molar-refractivity contribution < 1.29 is 18.7 Å². The highest BCUT2D eigenvalue weighted by Crippen LogP contribution is 2.29. The molecule has 0 aliphatic carbocycles. The molecule has 0 saturated carbocycles. The molecule has 0 aliphatic heterocycles. The average molecular weight is 457 g/mol. The van der Waals surface area contributed by atoms with Crippen LogP contribution in [0.3, 0.4) is 0 Å². The smallest absolute Gasteiger partial charge is 0.316 e. The molecular formula is C21H13BrO5S. The van der Waals surface area contributed by atoms with Crippen LogP contribution >= 0.6 is 27.3 Å². The maximum atomic E-state index is 12.7. The van der Waals surface area contributed by atoms with Crippen molar-refractivity contribution in [2.45, 2.75) is 6.42 Å². The first-order valence-corrected chi connectivity index (χ1v) is 9.98. The minimum absolute atomic E-state index is 0.0711. The van der Waals surface area contributed by atoms with Gasteiger partial charge in [-0.25, -0.2) is 0 Å². The Morgan fingerprint density at radius 3 is 2.71 bits per heavy atom. The first-order valence-electron chi connectivity index (χ1n) is 8.31. The van der Waals surface area contributed by atoms with Gasteiger partial charge in [-0.1, -0.05) is 18.2 Å². The van der Waals surface area contributed by atoms with Crippen molar-refractivity contribution in [1.82, 2.24) is 0 Å². The lowest BCUT2D eigenvalue weighted by Gasteiger charge is -2.08. The van der Waals surface area contributed by atoms with Crippen LogP contribution in [0.25, 0.3) is 11.0 Å². The first kappa shape index (κ1) is 18.5. The molecule has 28 heavy (non-hydrogen) atoms. The molecular weight excluding hydrogens is 444 g/mol. The lowest BCUT2D eigenvalue weighted by atomic mass is 10.2. The van der Waals surface area contributed by atoms with Crippen LogP contribution in [0.4, 0.5) is 0 Å². The molecule has 0 amide bonds. The molecule has 0 unspecified atom stereocenters. The lowest BCUT2D eigenvalue weighted by molar-refractivity contribution is -0.133. The third kappa shape index (κ3) is 4.00. The second-order valence-corrected chi connectivity index (χ2v) is 7.74. The van der Waals surface area contributed by atoms with Crippen molar-refractivity contribution in [2.75, 3.05) is 0 Å². The minimum Gasteiger partial charge on any atom is -0.460 e. The highest BCUT2D eigenvalue weighted by atomic mass is 79.9. The van der Waals surface area contributed by atoms with Crippen molar-refractivity contribution in [3.8, 4) is 17.2 Å². The van der Waals surface area contributed by atoms with Crippen LogP contribution in [-0.2, 0) is 11.2 Å². The number of carbonyl (C=O) groups excluding carboxylic acids is 1. The van der Waals surface area contributed by atoms with E-state index in [-0.39, 0.29) is 23.6 Å². The number of benzene rings is 2. The van der Waals surface area contributed by atoms with Crippen LogP contribution in [0.5, 0.6) is 17.2 Å². The van der Waals surface area contributed by atoms with Crippen LogP contribution < -0.4 is 14.9 Å². The van der Waals surface area contributed by atoms with Crippen molar-refractivity contribution in [3.63, 3.8) is 0 Å². The average Bonchev–Trinajstić information content (AvgIpc) is 3.18. The second-order valence-electron chi connectivity index (χ2n) is 5.85. The summed E-state index contributed by atoms with van der Waals surface area (Å²) in [5, 5.41) is 2.24. The normalized spacial score (nSPS) is 10.8. The summed E-state index contributed by atoms with van der Waals surface area (Å²) in [5.74, 6) is 0.518. The van der Waals surface area contributed by atoms with Gasteiger partial charge in [0.25, 0.3) is 0 Å². The Morgan fingerprint density at radius 1 is 1.07 bits per heavy atom. The molecule has 0 spiro atoms. The Hall–Kier alpha value is -2.90. The van der Waals surface area contributed by atoms with Crippen LogP contribution in [0, 0.1) is 0 Å². The van der Waals surface area contributed by atoms with Gasteiger partial charge in [-0.15, -0.1) is 11.3 Å². The molecule has 2 aromatic carbocycles. The number of fused-ring (bicyclic) bond motifs is 1. The van der Waals surface area contributed by atoms with Gasteiger partial charge in [0, 0.05) is 10.9 Å². The third-order valence-electron chi connectivity index (χ3n) is 3.90. The van der Waals surface area contributed by atoms with E-state index in [1.54, 1.807) is 24.3 Å². The van der Waals surface area contributed by atoms with Crippen molar-refractivity contribution >= 4 is 44.2 Å². The molecule has 0 atom stereocenters. The van der Waals surface area contributed by atoms with Crippen LogP contribution in [0.1, 0.15) is 4.88 Å². The van der Waals surface area contributed by atoms with E-state index < -0.39 is 0 Å². The summed E-state index contributed by atoms with van der Waals surface area (Å²) in [7, 11) is 0. The monoisotopic (exact) mass is 456 g/mol. The topological polar surface area (TPSA) is 65.7 Å².